The van der Waals surface area contributed by atoms with Crippen molar-refractivity contribution in [2.24, 2.45) is 5.92 Å². The van der Waals surface area contributed by atoms with Crippen molar-refractivity contribution in [1.82, 2.24) is 0 Å². The maximum absolute atomic E-state index is 13.9. The number of hydrogen-bond donors (Lipinski definition) is 0. The molecule has 0 atom stereocenters. The maximum Gasteiger partial charge on any atom is 0.231 e. The first-order valence-electron chi connectivity index (χ1n) is 9.08. The molecule has 5 heteroatoms. The number of rotatable bonds is 5. The highest BCUT2D eigenvalue weighted by Gasteiger charge is 2.22. The molecule has 1 fully saturated rings. The van der Waals surface area contributed by atoms with Crippen LogP contribution in [-0.4, -0.2) is 5.91 Å². The molecule has 0 radical (unpaired) electrons. The second kappa shape index (κ2) is 8.63. The SMILES string of the molecule is O=C(CCC1CCCCC1)N(c1cccc(F)c1)c1ccc(Cl)c(F)c1. The van der Waals surface area contributed by atoms with Crippen molar-refractivity contribution < 1.29 is 13.6 Å². The lowest BCUT2D eigenvalue weighted by molar-refractivity contribution is -0.118. The fourth-order valence-corrected chi connectivity index (χ4v) is 3.71. The number of carbonyl (C=O) groups is 1. The third kappa shape index (κ3) is 4.61. The highest BCUT2D eigenvalue weighted by atomic mass is 35.5. The van der Waals surface area contributed by atoms with Crippen molar-refractivity contribution >= 4 is 28.9 Å². The van der Waals surface area contributed by atoms with E-state index in [-0.39, 0.29) is 10.9 Å². The van der Waals surface area contributed by atoms with Crippen LogP contribution in [0.5, 0.6) is 0 Å². The van der Waals surface area contributed by atoms with Crippen LogP contribution in [0.2, 0.25) is 5.02 Å². The summed E-state index contributed by atoms with van der Waals surface area (Å²) in [6, 6.07) is 9.99. The van der Waals surface area contributed by atoms with Gasteiger partial charge in [0.25, 0.3) is 0 Å². The molecule has 0 N–H and O–H groups in total. The van der Waals surface area contributed by atoms with Gasteiger partial charge in [-0.25, -0.2) is 8.78 Å². The van der Waals surface area contributed by atoms with Crippen molar-refractivity contribution in [3.8, 4) is 0 Å². The molecule has 0 heterocycles. The molecule has 2 aromatic rings. The van der Waals surface area contributed by atoms with Gasteiger partial charge in [0.15, 0.2) is 0 Å². The van der Waals surface area contributed by atoms with E-state index in [0.29, 0.717) is 23.7 Å². The quantitative estimate of drug-likeness (QED) is 0.571. The predicted octanol–water partition coefficient (Wildman–Crippen LogP) is 6.64. The minimum atomic E-state index is -0.606. The summed E-state index contributed by atoms with van der Waals surface area (Å²) < 4.78 is 27.6. The molecule has 1 aliphatic rings. The van der Waals surface area contributed by atoms with Gasteiger partial charge < -0.3 is 0 Å². The number of benzene rings is 2. The Morgan fingerprint density at radius 3 is 2.46 bits per heavy atom. The summed E-state index contributed by atoms with van der Waals surface area (Å²) in [5.74, 6) is -0.653. The third-order valence-electron chi connectivity index (χ3n) is 4.97. The van der Waals surface area contributed by atoms with Gasteiger partial charge in [0, 0.05) is 6.42 Å². The molecule has 0 bridgehead atoms. The molecule has 0 saturated heterocycles. The smallest absolute Gasteiger partial charge is 0.231 e. The van der Waals surface area contributed by atoms with E-state index < -0.39 is 11.6 Å². The van der Waals surface area contributed by atoms with Crippen LogP contribution in [0.1, 0.15) is 44.9 Å². The Kier molecular flexibility index (Phi) is 6.25. The molecule has 1 saturated carbocycles. The van der Waals surface area contributed by atoms with Crippen molar-refractivity contribution in [3.63, 3.8) is 0 Å². The minimum Gasteiger partial charge on any atom is -0.281 e. The lowest BCUT2D eigenvalue weighted by Crippen LogP contribution is -2.26. The Morgan fingerprint density at radius 1 is 1.04 bits per heavy atom. The van der Waals surface area contributed by atoms with Crippen LogP contribution < -0.4 is 4.90 Å². The molecule has 0 aromatic heterocycles. The summed E-state index contributed by atoms with van der Waals surface area (Å²) >= 11 is 5.76. The first-order chi connectivity index (χ1) is 12.5. The Bertz CT molecular complexity index is 774. The first kappa shape index (κ1) is 18.8. The zero-order valence-corrected chi connectivity index (χ0v) is 15.3. The Hall–Kier alpha value is -1.94. The van der Waals surface area contributed by atoms with Gasteiger partial charge >= 0.3 is 0 Å². The van der Waals surface area contributed by atoms with Crippen LogP contribution in [-0.2, 0) is 4.79 Å². The number of anilines is 2. The van der Waals surface area contributed by atoms with Gasteiger partial charge in [-0.3, -0.25) is 9.69 Å². The van der Waals surface area contributed by atoms with Crippen molar-refractivity contribution in [2.75, 3.05) is 4.90 Å². The minimum absolute atomic E-state index is 0.0115. The van der Waals surface area contributed by atoms with E-state index in [1.165, 1.54) is 48.4 Å². The van der Waals surface area contributed by atoms with Gasteiger partial charge in [-0.2, -0.15) is 0 Å². The molecular weight excluding hydrogens is 356 g/mol. The van der Waals surface area contributed by atoms with Crippen molar-refractivity contribution in [3.05, 3.63) is 59.1 Å². The second-order valence-corrected chi connectivity index (χ2v) is 7.26. The molecule has 0 aliphatic heterocycles. The molecule has 2 nitrogen and oxygen atoms in total. The van der Waals surface area contributed by atoms with E-state index >= 15 is 0 Å². The summed E-state index contributed by atoms with van der Waals surface area (Å²) in [4.78, 5) is 14.3. The van der Waals surface area contributed by atoms with Gasteiger partial charge in [-0.05, 0) is 48.7 Å². The molecule has 3 rings (SSSR count). The number of hydrogen-bond acceptors (Lipinski definition) is 1. The van der Waals surface area contributed by atoms with Crippen LogP contribution in [0, 0.1) is 17.6 Å². The van der Waals surface area contributed by atoms with Crippen molar-refractivity contribution in [1.29, 1.82) is 0 Å². The summed E-state index contributed by atoms with van der Waals surface area (Å²) in [5.41, 5.74) is 0.742. The molecule has 2 aromatic carbocycles. The third-order valence-corrected chi connectivity index (χ3v) is 5.27. The lowest BCUT2D eigenvalue weighted by Gasteiger charge is -2.26. The number of carbonyl (C=O) groups excluding carboxylic acids is 1. The van der Waals surface area contributed by atoms with E-state index in [1.54, 1.807) is 18.2 Å². The van der Waals surface area contributed by atoms with Gasteiger partial charge in [-0.15, -0.1) is 0 Å². The van der Waals surface area contributed by atoms with E-state index in [2.05, 4.69) is 0 Å². The standard InChI is InChI=1S/C21H22ClF2NO/c22-19-11-10-18(14-20(19)24)25(17-8-4-7-16(23)13-17)21(26)12-9-15-5-2-1-3-6-15/h4,7-8,10-11,13-15H,1-3,5-6,9,12H2. The average Bonchev–Trinajstić information content (AvgIpc) is 2.64. The highest BCUT2D eigenvalue weighted by molar-refractivity contribution is 6.30. The zero-order valence-electron chi connectivity index (χ0n) is 14.6. The van der Waals surface area contributed by atoms with Crippen LogP contribution in [0.15, 0.2) is 42.5 Å². The summed E-state index contributed by atoms with van der Waals surface area (Å²) in [5, 5.41) is -0.0115. The normalized spacial score (nSPS) is 15.0. The van der Waals surface area contributed by atoms with E-state index in [4.69, 9.17) is 11.6 Å². The topological polar surface area (TPSA) is 20.3 Å². The molecule has 1 aliphatic carbocycles. The van der Waals surface area contributed by atoms with Crippen LogP contribution in [0.3, 0.4) is 0 Å². The van der Waals surface area contributed by atoms with Gasteiger partial charge in [0.05, 0.1) is 16.4 Å². The molecule has 26 heavy (non-hydrogen) atoms. The Morgan fingerprint density at radius 2 is 1.77 bits per heavy atom. The van der Waals surface area contributed by atoms with E-state index in [9.17, 15) is 13.6 Å². The molecule has 0 unspecified atom stereocenters. The monoisotopic (exact) mass is 377 g/mol. The second-order valence-electron chi connectivity index (χ2n) is 6.85. The number of halogens is 3. The van der Waals surface area contributed by atoms with Gasteiger partial charge in [-0.1, -0.05) is 49.8 Å². The number of amides is 1. The van der Waals surface area contributed by atoms with Crippen LogP contribution in [0.25, 0.3) is 0 Å². The fourth-order valence-electron chi connectivity index (χ4n) is 3.59. The largest absolute Gasteiger partial charge is 0.281 e. The van der Waals surface area contributed by atoms with Crippen LogP contribution in [0.4, 0.5) is 20.2 Å². The highest BCUT2D eigenvalue weighted by Crippen LogP contribution is 2.32. The zero-order chi connectivity index (χ0) is 18.5. The molecule has 138 valence electrons. The van der Waals surface area contributed by atoms with Gasteiger partial charge in [0.2, 0.25) is 5.91 Å². The van der Waals surface area contributed by atoms with Crippen LogP contribution >= 0.6 is 11.6 Å². The molecular formula is C21H22ClF2NO. The summed E-state index contributed by atoms with van der Waals surface area (Å²) in [6.45, 7) is 0. The maximum atomic E-state index is 13.9. The molecule has 0 spiro atoms. The average molecular weight is 378 g/mol. The summed E-state index contributed by atoms with van der Waals surface area (Å²) in [6.07, 6.45) is 7.17. The number of nitrogens with zero attached hydrogens (tertiary/aromatic N) is 1. The Balaban J connectivity index is 1.84. The van der Waals surface area contributed by atoms with E-state index in [0.717, 1.165) is 19.3 Å². The lowest BCUT2D eigenvalue weighted by atomic mass is 9.86. The van der Waals surface area contributed by atoms with Gasteiger partial charge in [0.1, 0.15) is 11.6 Å². The Labute approximate surface area is 157 Å². The first-order valence-corrected chi connectivity index (χ1v) is 9.46. The fraction of sp³-hybridized carbons (Fsp3) is 0.381. The van der Waals surface area contributed by atoms with Crippen molar-refractivity contribution in [2.45, 2.75) is 44.9 Å². The molecule has 1 amide bonds. The predicted molar refractivity (Wildman–Crippen MR) is 101 cm³/mol. The summed E-state index contributed by atoms with van der Waals surface area (Å²) in [7, 11) is 0. The van der Waals surface area contributed by atoms with E-state index in [1.807, 2.05) is 0 Å².